The summed E-state index contributed by atoms with van der Waals surface area (Å²) in [5.41, 5.74) is 14.0. The van der Waals surface area contributed by atoms with Crippen LogP contribution in [0.4, 0.5) is 0 Å². The van der Waals surface area contributed by atoms with Crippen LogP contribution in [0.3, 0.4) is 0 Å². The monoisotopic (exact) mass is 894 g/mol. The second kappa shape index (κ2) is 14.7. The third kappa shape index (κ3) is 5.94. The Morgan fingerprint density at radius 3 is 1.29 bits per heavy atom. The van der Waals surface area contributed by atoms with Crippen molar-refractivity contribution in [2.45, 2.75) is 25.7 Å². The van der Waals surface area contributed by atoms with E-state index in [2.05, 4.69) is 213 Å². The summed E-state index contributed by atoms with van der Waals surface area (Å²) in [5.74, 6) is 0. The Kier molecular flexibility index (Phi) is 9.89. The van der Waals surface area contributed by atoms with E-state index in [4.69, 9.17) is 0 Å². The molecule has 0 nitrogen and oxygen atoms in total. The number of fused-ring (bicyclic) bond motifs is 8. The Labute approximate surface area is 362 Å². The number of benzene rings is 9. The van der Waals surface area contributed by atoms with Crippen LogP contribution in [-0.4, -0.2) is 6.88 Å². The standard InChI is InChI=1S/2C24H17.C6H5.CH3.2ClH.H2Si.Zr/c2*1-16-12-20-11-10-17-6-4-5-9-22(17)24(20)23(13-16)21-14-18-7-2-3-8-19(18)15-21;1-2-4-6-5-3-1;;;;;/h2*2-15H,1H3;1-5H;1H3;2*1H;1H2;. The van der Waals surface area contributed by atoms with E-state index in [9.17, 15) is 0 Å². The van der Waals surface area contributed by atoms with Gasteiger partial charge in [-0.1, -0.05) is 0 Å². The molecule has 0 fully saturated rings. The summed E-state index contributed by atoms with van der Waals surface area (Å²) in [6.45, 7) is 7.02. The second-order valence-corrected chi connectivity index (χ2v) is 43.6. The first-order valence-corrected chi connectivity index (χ1v) is 32.8. The molecule has 0 amide bonds. The van der Waals surface area contributed by atoms with Gasteiger partial charge in [-0.15, -0.1) is 24.8 Å². The molecule has 2 unspecified atom stereocenters. The molecular weight excluding hydrogens is 851 g/mol. The van der Waals surface area contributed by atoms with Crippen LogP contribution in [0.15, 0.2) is 176 Å². The van der Waals surface area contributed by atoms with E-state index in [1.54, 1.807) is 3.27 Å². The van der Waals surface area contributed by atoms with Gasteiger partial charge >= 0.3 is 340 Å². The van der Waals surface area contributed by atoms with Gasteiger partial charge in [0, 0.05) is 0 Å². The molecule has 0 heterocycles. The quantitative estimate of drug-likeness (QED) is 0.119. The first-order chi connectivity index (χ1) is 27.8. The van der Waals surface area contributed by atoms with Crippen LogP contribution in [0.5, 0.6) is 0 Å². The molecule has 288 valence electrons. The van der Waals surface area contributed by atoms with Crippen LogP contribution in [0.1, 0.15) is 51.8 Å². The maximum atomic E-state index is 2.82. The van der Waals surface area contributed by atoms with Gasteiger partial charge in [-0.2, -0.15) is 0 Å². The molecule has 0 N–H and O–H groups in total. The minimum atomic E-state index is -4.66. The zero-order valence-corrected chi connectivity index (χ0v) is 39.1. The fraction of sp³-hybridized carbons (Fsp3) is 0.0909. The van der Waals surface area contributed by atoms with Gasteiger partial charge in [0.05, 0.1) is 0 Å². The maximum absolute atomic E-state index is 4.66. The van der Waals surface area contributed by atoms with Gasteiger partial charge in [-0.3, -0.25) is 0 Å². The van der Waals surface area contributed by atoms with Gasteiger partial charge in [0.2, 0.25) is 0 Å². The average Bonchev–Trinajstić information content (AvgIpc) is 3.84. The van der Waals surface area contributed by atoms with E-state index in [0.717, 1.165) is 0 Å². The summed E-state index contributed by atoms with van der Waals surface area (Å²) < 4.78 is 4.82. The van der Waals surface area contributed by atoms with Crippen molar-refractivity contribution in [3.63, 3.8) is 0 Å². The molecule has 11 rings (SSSR count). The summed E-state index contributed by atoms with van der Waals surface area (Å²) in [4.78, 5) is 0. The molecule has 4 heteroatoms. The number of halogens is 2. The SMILES string of the molecule is Cc1cc(C2=Cc3ccccc3[CH]2[Zr]([CH3])(=[SiH2])([c]2ccccc2)[CH]2C(c3cc(C)cc4ccc5ccccc5c34)=Cc3ccccc32)c2c(ccc3ccccc32)c1.Cl.Cl. The van der Waals surface area contributed by atoms with Crippen molar-refractivity contribution in [3.05, 3.63) is 220 Å². The third-order valence-corrected chi connectivity index (χ3v) is 36.7. The number of hydrogen-bond acceptors (Lipinski definition) is 0. The molecule has 0 saturated heterocycles. The molecule has 0 aromatic heterocycles. The van der Waals surface area contributed by atoms with Crippen LogP contribution < -0.4 is 3.27 Å². The largest absolute Gasteiger partial charge is 0.147 e. The van der Waals surface area contributed by atoms with Crippen LogP contribution in [0.2, 0.25) is 4.63 Å². The molecular formula is C55H46Cl2SiZr. The Bertz CT molecular complexity index is 3110. The topological polar surface area (TPSA) is 0 Å². The maximum Gasteiger partial charge on any atom is -0.147 e. The number of allylic oxidation sites excluding steroid dienone is 2. The fourth-order valence-corrected chi connectivity index (χ4v) is 34.2. The third-order valence-electron chi connectivity index (χ3n) is 13.7. The predicted molar refractivity (Wildman–Crippen MR) is 261 cm³/mol. The van der Waals surface area contributed by atoms with Gasteiger partial charge in [0.1, 0.15) is 0 Å². The summed E-state index contributed by atoms with van der Waals surface area (Å²) in [5, 5.41) is 10.6. The number of aryl methyl sites for hydroxylation is 2. The van der Waals surface area contributed by atoms with Crippen LogP contribution >= 0.6 is 24.8 Å². The normalized spacial score (nSPS) is 16.0. The smallest absolute Gasteiger partial charge is 0.147 e. The molecule has 59 heavy (non-hydrogen) atoms. The van der Waals surface area contributed by atoms with Crippen molar-refractivity contribution < 1.29 is 17.4 Å². The minimum absolute atomic E-state index is 0. The molecule has 0 aliphatic heterocycles. The molecule has 0 radical (unpaired) electrons. The van der Waals surface area contributed by atoms with Gasteiger partial charge in [0.15, 0.2) is 0 Å². The van der Waals surface area contributed by atoms with Crippen molar-refractivity contribution >= 4 is 101 Å². The number of rotatable bonds is 5. The zero-order chi connectivity index (χ0) is 38.5. The average molecular weight is 897 g/mol. The van der Waals surface area contributed by atoms with E-state index in [1.807, 2.05) is 0 Å². The van der Waals surface area contributed by atoms with E-state index in [1.165, 1.54) is 98.7 Å². The molecule has 9 aromatic carbocycles. The summed E-state index contributed by atoms with van der Waals surface area (Å²) in [6.07, 6.45) is 5.17. The Balaban J connectivity index is 0.00000224. The van der Waals surface area contributed by atoms with Gasteiger partial charge < -0.3 is 0 Å². The van der Waals surface area contributed by atoms with Crippen molar-refractivity contribution in [1.82, 2.24) is 0 Å². The first-order valence-electron chi connectivity index (χ1n) is 20.3. The van der Waals surface area contributed by atoms with Gasteiger partial charge in [-0.25, -0.2) is 0 Å². The Morgan fingerprint density at radius 1 is 0.424 bits per heavy atom. The van der Waals surface area contributed by atoms with Crippen molar-refractivity contribution in [2.75, 3.05) is 0 Å². The van der Waals surface area contributed by atoms with E-state index < -0.39 is 17.4 Å². The van der Waals surface area contributed by atoms with Crippen molar-refractivity contribution in [3.8, 4) is 0 Å². The van der Waals surface area contributed by atoms with Crippen molar-refractivity contribution in [2.24, 2.45) is 0 Å². The van der Waals surface area contributed by atoms with Crippen LogP contribution in [0, 0.1) is 13.8 Å². The zero-order valence-electron chi connectivity index (χ0n) is 33.6. The predicted octanol–water partition coefficient (Wildman–Crippen LogP) is 14.3. The van der Waals surface area contributed by atoms with Crippen LogP contribution in [0.25, 0.3) is 66.4 Å². The summed E-state index contributed by atoms with van der Waals surface area (Å²) >= 11 is -4.66. The second-order valence-electron chi connectivity index (χ2n) is 17.3. The number of hydrogen-bond donors (Lipinski definition) is 0. The first kappa shape index (κ1) is 39.6. The Hall–Kier alpha value is -4.82. The van der Waals surface area contributed by atoms with E-state index in [0.29, 0.717) is 0 Å². The molecule has 2 atom stereocenters. The molecule has 0 bridgehead atoms. The van der Waals surface area contributed by atoms with Crippen molar-refractivity contribution in [1.29, 1.82) is 0 Å². The summed E-state index contributed by atoms with van der Waals surface area (Å²) in [7, 11) is 0. The van der Waals surface area contributed by atoms with E-state index in [-0.39, 0.29) is 32.1 Å². The Morgan fingerprint density at radius 2 is 0.814 bits per heavy atom. The van der Waals surface area contributed by atoms with Gasteiger partial charge in [-0.05, 0) is 0 Å². The van der Waals surface area contributed by atoms with Gasteiger partial charge in [0.25, 0.3) is 0 Å². The molecule has 0 saturated carbocycles. The molecule has 2 aliphatic carbocycles. The summed E-state index contributed by atoms with van der Waals surface area (Å²) in [6, 6.07) is 67.6. The molecule has 2 aliphatic rings. The molecule has 0 spiro atoms. The fourth-order valence-electron chi connectivity index (χ4n) is 11.3. The molecule has 9 aromatic rings. The minimum Gasteiger partial charge on any atom is -0.147 e. The van der Waals surface area contributed by atoms with Crippen LogP contribution in [-0.2, 0) is 17.4 Å². The van der Waals surface area contributed by atoms with E-state index >= 15 is 0 Å².